The Morgan fingerprint density at radius 1 is 1.10 bits per heavy atom. The molecule has 20 heavy (non-hydrogen) atoms. The second-order valence-corrected chi connectivity index (χ2v) is 6.26. The Morgan fingerprint density at radius 2 is 1.85 bits per heavy atom. The lowest BCUT2D eigenvalue weighted by Gasteiger charge is -2.26. The lowest BCUT2D eigenvalue weighted by molar-refractivity contribution is -0.143. The van der Waals surface area contributed by atoms with Crippen LogP contribution in [0.25, 0.3) is 0 Å². The van der Waals surface area contributed by atoms with Gasteiger partial charge in [-0.05, 0) is 63.5 Å². The summed E-state index contributed by atoms with van der Waals surface area (Å²) in [5.41, 5.74) is 0. The van der Waals surface area contributed by atoms with Crippen molar-refractivity contribution >= 4 is 11.9 Å². The largest absolute Gasteiger partial charge is 0.481 e. The number of rotatable bonds is 6. The molecule has 5 heteroatoms. The van der Waals surface area contributed by atoms with E-state index in [-0.39, 0.29) is 11.8 Å². The molecule has 0 aromatic rings. The summed E-state index contributed by atoms with van der Waals surface area (Å²) in [4.78, 5) is 22.7. The minimum Gasteiger partial charge on any atom is -0.481 e. The Balaban J connectivity index is 1.56. The van der Waals surface area contributed by atoms with Crippen LogP contribution < -0.4 is 10.6 Å². The molecule has 3 N–H and O–H groups in total. The SMILES string of the molecule is O=C(CCC1CCNC1)NCC1CCC(C(=O)O)CC1. The molecule has 2 fully saturated rings. The highest BCUT2D eigenvalue weighted by molar-refractivity contribution is 5.75. The summed E-state index contributed by atoms with van der Waals surface area (Å²) in [6.07, 6.45) is 6.13. The zero-order valence-corrected chi connectivity index (χ0v) is 12.1. The lowest BCUT2D eigenvalue weighted by atomic mass is 9.82. The smallest absolute Gasteiger partial charge is 0.306 e. The van der Waals surface area contributed by atoms with Crippen molar-refractivity contribution in [3.63, 3.8) is 0 Å². The van der Waals surface area contributed by atoms with E-state index in [4.69, 9.17) is 5.11 Å². The maximum Gasteiger partial charge on any atom is 0.306 e. The molecule has 1 heterocycles. The number of carbonyl (C=O) groups excluding carboxylic acids is 1. The Labute approximate surface area is 120 Å². The maximum atomic E-state index is 11.8. The number of amides is 1. The van der Waals surface area contributed by atoms with E-state index in [2.05, 4.69) is 10.6 Å². The molecule has 1 saturated carbocycles. The van der Waals surface area contributed by atoms with Crippen molar-refractivity contribution in [2.75, 3.05) is 19.6 Å². The van der Waals surface area contributed by atoms with E-state index in [9.17, 15) is 9.59 Å². The van der Waals surface area contributed by atoms with E-state index in [1.165, 1.54) is 6.42 Å². The predicted octanol–water partition coefficient (Wildman–Crippen LogP) is 1.38. The number of carbonyl (C=O) groups is 2. The molecule has 5 nitrogen and oxygen atoms in total. The van der Waals surface area contributed by atoms with E-state index in [0.717, 1.165) is 45.2 Å². The molecule has 1 aliphatic heterocycles. The van der Waals surface area contributed by atoms with E-state index < -0.39 is 5.97 Å². The Bertz CT molecular complexity index is 332. The van der Waals surface area contributed by atoms with Gasteiger partial charge in [0.25, 0.3) is 0 Å². The number of hydrogen-bond donors (Lipinski definition) is 3. The maximum absolute atomic E-state index is 11.8. The summed E-state index contributed by atoms with van der Waals surface area (Å²) < 4.78 is 0. The zero-order valence-electron chi connectivity index (χ0n) is 12.1. The van der Waals surface area contributed by atoms with Gasteiger partial charge in [-0.15, -0.1) is 0 Å². The second kappa shape index (κ2) is 7.62. The first-order chi connectivity index (χ1) is 9.65. The molecular formula is C15H26N2O3. The van der Waals surface area contributed by atoms with Crippen LogP contribution in [0.2, 0.25) is 0 Å². The van der Waals surface area contributed by atoms with Crippen LogP contribution >= 0.6 is 0 Å². The number of hydrogen-bond acceptors (Lipinski definition) is 3. The fourth-order valence-electron chi connectivity index (χ4n) is 3.26. The predicted molar refractivity (Wildman–Crippen MR) is 76.3 cm³/mol. The highest BCUT2D eigenvalue weighted by Crippen LogP contribution is 2.28. The summed E-state index contributed by atoms with van der Waals surface area (Å²) in [7, 11) is 0. The third kappa shape index (κ3) is 4.78. The summed E-state index contributed by atoms with van der Waals surface area (Å²) in [6.45, 7) is 2.85. The number of nitrogens with one attached hydrogen (secondary N) is 2. The van der Waals surface area contributed by atoms with Crippen LogP contribution in [-0.2, 0) is 9.59 Å². The van der Waals surface area contributed by atoms with Crippen molar-refractivity contribution in [1.82, 2.24) is 10.6 Å². The van der Waals surface area contributed by atoms with E-state index in [1.807, 2.05) is 0 Å². The molecule has 2 rings (SSSR count). The number of aliphatic carboxylic acids is 1. The lowest BCUT2D eigenvalue weighted by Crippen LogP contribution is -2.32. The van der Waals surface area contributed by atoms with E-state index in [0.29, 0.717) is 24.8 Å². The number of carboxylic acids is 1. The van der Waals surface area contributed by atoms with Crippen molar-refractivity contribution in [3.8, 4) is 0 Å². The Morgan fingerprint density at radius 3 is 2.45 bits per heavy atom. The van der Waals surface area contributed by atoms with Crippen LogP contribution in [0, 0.1) is 17.8 Å². The van der Waals surface area contributed by atoms with Crippen molar-refractivity contribution in [2.24, 2.45) is 17.8 Å². The van der Waals surface area contributed by atoms with Crippen molar-refractivity contribution in [1.29, 1.82) is 0 Å². The molecule has 0 aromatic heterocycles. The third-order valence-corrected chi connectivity index (χ3v) is 4.73. The van der Waals surface area contributed by atoms with Gasteiger partial charge in [-0.3, -0.25) is 9.59 Å². The molecular weight excluding hydrogens is 256 g/mol. The molecule has 0 bridgehead atoms. The third-order valence-electron chi connectivity index (χ3n) is 4.73. The molecule has 1 saturated heterocycles. The topological polar surface area (TPSA) is 78.4 Å². The first-order valence-corrected chi connectivity index (χ1v) is 7.85. The minimum absolute atomic E-state index is 0.150. The van der Waals surface area contributed by atoms with Crippen molar-refractivity contribution in [3.05, 3.63) is 0 Å². The summed E-state index contributed by atoms with van der Waals surface area (Å²) in [5.74, 6) is 0.432. The molecule has 1 atom stereocenters. The summed E-state index contributed by atoms with van der Waals surface area (Å²) in [6, 6.07) is 0. The highest BCUT2D eigenvalue weighted by atomic mass is 16.4. The summed E-state index contributed by atoms with van der Waals surface area (Å²) in [5, 5.41) is 15.3. The molecule has 1 aliphatic carbocycles. The first kappa shape index (κ1) is 15.3. The van der Waals surface area contributed by atoms with Gasteiger partial charge in [0.05, 0.1) is 5.92 Å². The zero-order chi connectivity index (χ0) is 14.4. The van der Waals surface area contributed by atoms with Gasteiger partial charge in [0.1, 0.15) is 0 Å². The van der Waals surface area contributed by atoms with Crippen LogP contribution in [-0.4, -0.2) is 36.6 Å². The van der Waals surface area contributed by atoms with E-state index in [1.54, 1.807) is 0 Å². The van der Waals surface area contributed by atoms with Gasteiger partial charge in [0.15, 0.2) is 0 Å². The quantitative estimate of drug-likeness (QED) is 0.688. The fourth-order valence-corrected chi connectivity index (χ4v) is 3.26. The van der Waals surface area contributed by atoms with Gasteiger partial charge in [0, 0.05) is 13.0 Å². The van der Waals surface area contributed by atoms with Crippen LogP contribution in [0.5, 0.6) is 0 Å². The average Bonchev–Trinajstić information content (AvgIpc) is 2.96. The fraction of sp³-hybridized carbons (Fsp3) is 0.867. The van der Waals surface area contributed by atoms with E-state index >= 15 is 0 Å². The Kier molecular flexibility index (Phi) is 5.83. The second-order valence-electron chi connectivity index (χ2n) is 6.26. The molecule has 1 amide bonds. The molecule has 1 unspecified atom stereocenters. The molecule has 0 radical (unpaired) electrons. The van der Waals surface area contributed by atoms with Crippen molar-refractivity contribution < 1.29 is 14.7 Å². The van der Waals surface area contributed by atoms with Crippen molar-refractivity contribution in [2.45, 2.75) is 44.9 Å². The molecule has 114 valence electrons. The van der Waals surface area contributed by atoms with Gasteiger partial charge in [0.2, 0.25) is 5.91 Å². The molecule has 2 aliphatic rings. The van der Waals surface area contributed by atoms with Crippen LogP contribution in [0.1, 0.15) is 44.9 Å². The van der Waals surface area contributed by atoms with Gasteiger partial charge in [-0.25, -0.2) is 0 Å². The normalized spacial score (nSPS) is 30.1. The van der Waals surface area contributed by atoms with Gasteiger partial charge in [-0.2, -0.15) is 0 Å². The van der Waals surface area contributed by atoms with Gasteiger partial charge >= 0.3 is 5.97 Å². The van der Waals surface area contributed by atoms with Crippen LogP contribution in [0.4, 0.5) is 0 Å². The van der Waals surface area contributed by atoms with Crippen LogP contribution in [0.3, 0.4) is 0 Å². The first-order valence-electron chi connectivity index (χ1n) is 7.85. The number of carboxylic acid groups (broad SMARTS) is 1. The van der Waals surface area contributed by atoms with Gasteiger partial charge in [-0.1, -0.05) is 0 Å². The van der Waals surface area contributed by atoms with Crippen LogP contribution in [0.15, 0.2) is 0 Å². The minimum atomic E-state index is -0.669. The highest BCUT2D eigenvalue weighted by Gasteiger charge is 2.26. The summed E-state index contributed by atoms with van der Waals surface area (Å²) >= 11 is 0. The van der Waals surface area contributed by atoms with Gasteiger partial charge < -0.3 is 15.7 Å². The standard InChI is InChI=1S/C15H26N2O3/c18-14(6-3-12-7-8-16-9-12)17-10-11-1-4-13(5-2-11)15(19)20/h11-13,16H,1-10H2,(H,17,18)(H,19,20). The molecule has 0 aromatic carbocycles. The Hall–Kier alpha value is -1.10. The average molecular weight is 282 g/mol. The molecule has 0 spiro atoms. The monoisotopic (exact) mass is 282 g/mol.